The van der Waals surface area contributed by atoms with Crippen LogP contribution in [-0.2, 0) is 14.3 Å². The van der Waals surface area contributed by atoms with Gasteiger partial charge in [0.2, 0.25) is 0 Å². The van der Waals surface area contributed by atoms with Crippen molar-refractivity contribution in [3.63, 3.8) is 0 Å². The number of hydrogen-bond donors (Lipinski definition) is 2. The molecule has 0 aliphatic heterocycles. The lowest BCUT2D eigenvalue weighted by Crippen LogP contribution is -2.43. The highest BCUT2D eigenvalue weighted by atomic mass is 16.5. The summed E-state index contributed by atoms with van der Waals surface area (Å²) in [5.41, 5.74) is 0. The Hall–Kier alpha value is -1.34. The number of carbonyl (C=O) groups excluding carboxylic acids is 1. The molecule has 0 bridgehead atoms. The molecule has 0 atom stereocenters. The third-order valence-electron chi connectivity index (χ3n) is 3.01. The van der Waals surface area contributed by atoms with Gasteiger partial charge in [0.15, 0.2) is 0 Å². The fourth-order valence-electron chi connectivity index (χ4n) is 1.78. The van der Waals surface area contributed by atoms with Gasteiger partial charge in [-0.05, 0) is 12.8 Å². The smallest absolute Gasteiger partial charge is 0.317 e. The van der Waals surface area contributed by atoms with Gasteiger partial charge in [-0.3, -0.25) is 4.79 Å². The lowest BCUT2D eigenvalue weighted by molar-refractivity contribution is -0.137. The maximum atomic E-state index is 12.0. The van der Waals surface area contributed by atoms with E-state index in [0.717, 1.165) is 19.3 Å². The minimum atomic E-state index is -0.754. The fourth-order valence-corrected chi connectivity index (χ4v) is 1.78. The molecular formula is C14H28N2O5. The minimum Gasteiger partial charge on any atom is -0.481 e. The van der Waals surface area contributed by atoms with Gasteiger partial charge in [-0.15, -0.1) is 0 Å². The number of ether oxygens (including phenoxy) is 2. The van der Waals surface area contributed by atoms with E-state index < -0.39 is 5.97 Å². The first-order valence-electron chi connectivity index (χ1n) is 7.34. The molecule has 0 rings (SSSR count). The summed E-state index contributed by atoms with van der Waals surface area (Å²) in [6.45, 7) is 2.65. The first-order valence-corrected chi connectivity index (χ1v) is 7.34. The quantitative estimate of drug-likeness (QED) is 0.501. The Labute approximate surface area is 126 Å². The topological polar surface area (TPSA) is 88.1 Å². The summed E-state index contributed by atoms with van der Waals surface area (Å²) in [5, 5.41) is 11.4. The number of aliphatic carboxylic acids is 1. The number of amides is 2. The molecule has 0 aromatic rings. The van der Waals surface area contributed by atoms with E-state index in [-0.39, 0.29) is 12.5 Å². The summed E-state index contributed by atoms with van der Waals surface area (Å²) in [4.78, 5) is 24.0. The van der Waals surface area contributed by atoms with Crippen LogP contribution in [-0.4, -0.2) is 69.1 Å². The van der Waals surface area contributed by atoms with Gasteiger partial charge in [-0.2, -0.15) is 0 Å². The van der Waals surface area contributed by atoms with Gasteiger partial charge < -0.3 is 24.8 Å². The van der Waals surface area contributed by atoms with Crippen LogP contribution in [0.15, 0.2) is 0 Å². The first-order chi connectivity index (χ1) is 10.1. The Morgan fingerprint density at radius 2 is 1.57 bits per heavy atom. The number of carbonyl (C=O) groups is 2. The molecule has 0 saturated heterocycles. The molecule has 0 spiro atoms. The number of urea groups is 1. The molecule has 2 N–H and O–H groups in total. The summed E-state index contributed by atoms with van der Waals surface area (Å²) < 4.78 is 9.96. The number of hydrogen-bond acceptors (Lipinski definition) is 4. The molecule has 0 fully saturated rings. The predicted octanol–water partition coefficient (Wildman–Crippen LogP) is 1.33. The van der Waals surface area contributed by atoms with Crippen LogP contribution in [0, 0.1) is 0 Å². The summed E-state index contributed by atoms with van der Waals surface area (Å²) in [5.74, 6) is -0.754. The fraction of sp³-hybridized carbons (Fsp3) is 0.857. The molecule has 0 unspecified atom stereocenters. The highest BCUT2D eigenvalue weighted by Gasteiger charge is 2.11. The molecule has 7 heteroatoms. The van der Waals surface area contributed by atoms with E-state index in [0.29, 0.717) is 39.3 Å². The van der Waals surface area contributed by atoms with Crippen molar-refractivity contribution in [2.45, 2.75) is 32.1 Å². The zero-order chi connectivity index (χ0) is 15.9. The van der Waals surface area contributed by atoms with E-state index >= 15 is 0 Å². The molecule has 124 valence electrons. The number of methoxy groups -OCH3 is 2. The van der Waals surface area contributed by atoms with Crippen LogP contribution in [0.3, 0.4) is 0 Å². The van der Waals surface area contributed by atoms with Gasteiger partial charge in [0.05, 0.1) is 13.2 Å². The van der Waals surface area contributed by atoms with Gasteiger partial charge in [0, 0.05) is 40.3 Å². The van der Waals surface area contributed by atoms with Crippen molar-refractivity contribution in [2.75, 3.05) is 47.1 Å². The normalized spacial score (nSPS) is 10.4. The lowest BCUT2D eigenvalue weighted by atomic mass is 10.1. The lowest BCUT2D eigenvalue weighted by Gasteiger charge is -2.22. The molecule has 21 heavy (non-hydrogen) atoms. The van der Waals surface area contributed by atoms with Gasteiger partial charge in [-0.1, -0.05) is 12.8 Å². The number of nitrogens with one attached hydrogen (secondary N) is 1. The molecule has 2 amide bonds. The molecule has 0 heterocycles. The largest absolute Gasteiger partial charge is 0.481 e. The standard InChI is InChI=1S/C14H28N2O5/c1-20-11-9-16(10-12-21-2)14(19)15-8-6-4-3-5-7-13(17)18/h3-12H2,1-2H3,(H,15,19)(H,17,18). The van der Waals surface area contributed by atoms with Crippen molar-refractivity contribution in [1.82, 2.24) is 10.2 Å². The van der Waals surface area contributed by atoms with E-state index in [2.05, 4.69) is 5.32 Å². The molecular weight excluding hydrogens is 276 g/mol. The maximum Gasteiger partial charge on any atom is 0.317 e. The number of carboxylic acids is 1. The van der Waals surface area contributed by atoms with Gasteiger partial charge in [0.1, 0.15) is 0 Å². The number of unbranched alkanes of at least 4 members (excludes halogenated alkanes) is 3. The summed E-state index contributed by atoms with van der Waals surface area (Å²) in [6, 6.07) is -0.116. The van der Waals surface area contributed by atoms with Gasteiger partial charge >= 0.3 is 12.0 Å². The van der Waals surface area contributed by atoms with Crippen molar-refractivity contribution in [2.24, 2.45) is 0 Å². The van der Waals surface area contributed by atoms with Gasteiger partial charge in [0.25, 0.3) is 0 Å². The second kappa shape index (κ2) is 13.6. The van der Waals surface area contributed by atoms with E-state index in [1.807, 2.05) is 0 Å². The average Bonchev–Trinajstić information content (AvgIpc) is 2.46. The molecule has 7 nitrogen and oxygen atoms in total. The molecule has 0 radical (unpaired) electrons. The Kier molecular flexibility index (Phi) is 12.8. The molecule has 0 aliphatic rings. The highest BCUT2D eigenvalue weighted by Crippen LogP contribution is 2.02. The van der Waals surface area contributed by atoms with E-state index in [1.54, 1.807) is 19.1 Å². The van der Waals surface area contributed by atoms with Crippen molar-refractivity contribution in [3.05, 3.63) is 0 Å². The van der Waals surface area contributed by atoms with E-state index in [9.17, 15) is 9.59 Å². The molecule has 0 aliphatic carbocycles. The summed E-state index contributed by atoms with van der Waals surface area (Å²) in [7, 11) is 3.20. The van der Waals surface area contributed by atoms with E-state index in [4.69, 9.17) is 14.6 Å². The van der Waals surface area contributed by atoms with Crippen LogP contribution in [0.4, 0.5) is 4.79 Å². The highest BCUT2D eigenvalue weighted by molar-refractivity contribution is 5.74. The number of carboxylic acid groups (broad SMARTS) is 1. The third-order valence-corrected chi connectivity index (χ3v) is 3.01. The van der Waals surface area contributed by atoms with Crippen molar-refractivity contribution in [1.29, 1.82) is 0 Å². The van der Waals surface area contributed by atoms with Crippen LogP contribution in [0.1, 0.15) is 32.1 Å². The minimum absolute atomic E-state index is 0.116. The predicted molar refractivity (Wildman–Crippen MR) is 79.4 cm³/mol. The zero-order valence-electron chi connectivity index (χ0n) is 13.1. The van der Waals surface area contributed by atoms with Crippen LogP contribution >= 0.6 is 0 Å². The monoisotopic (exact) mass is 304 g/mol. The van der Waals surface area contributed by atoms with Crippen molar-refractivity contribution < 1.29 is 24.2 Å². The van der Waals surface area contributed by atoms with Crippen LogP contribution in [0.5, 0.6) is 0 Å². The molecule has 0 saturated carbocycles. The van der Waals surface area contributed by atoms with Crippen molar-refractivity contribution >= 4 is 12.0 Å². The third kappa shape index (κ3) is 12.1. The first kappa shape index (κ1) is 19.7. The second-order valence-electron chi connectivity index (χ2n) is 4.76. The Morgan fingerprint density at radius 3 is 2.10 bits per heavy atom. The van der Waals surface area contributed by atoms with Crippen LogP contribution in [0.25, 0.3) is 0 Å². The van der Waals surface area contributed by atoms with Crippen LogP contribution in [0.2, 0.25) is 0 Å². The second-order valence-corrected chi connectivity index (χ2v) is 4.76. The maximum absolute atomic E-state index is 12.0. The zero-order valence-corrected chi connectivity index (χ0v) is 13.1. The Bertz CT molecular complexity index is 279. The number of nitrogens with zero attached hydrogens (tertiary/aromatic N) is 1. The van der Waals surface area contributed by atoms with E-state index in [1.165, 1.54) is 0 Å². The number of rotatable bonds is 13. The SMILES string of the molecule is COCCN(CCOC)C(=O)NCCCCCCC(=O)O. The van der Waals surface area contributed by atoms with Crippen molar-refractivity contribution in [3.8, 4) is 0 Å². The molecule has 0 aromatic carbocycles. The van der Waals surface area contributed by atoms with Crippen LogP contribution < -0.4 is 5.32 Å². The summed E-state index contributed by atoms with van der Waals surface area (Å²) >= 11 is 0. The van der Waals surface area contributed by atoms with Gasteiger partial charge in [-0.25, -0.2) is 4.79 Å². The molecule has 0 aromatic heterocycles. The average molecular weight is 304 g/mol. The Balaban J connectivity index is 3.73. The Morgan fingerprint density at radius 1 is 1.00 bits per heavy atom. The summed E-state index contributed by atoms with van der Waals surface area (Å²) in [6.07, 6.45) is 3.56.